The van der Waals surface area contributed by atoms with Crippen LogP contribution in [0.4, 0.5) is 0 Å². The third-order valence-electron chi connectivity index (χ3n) is 3.94. The number of nitrogens with zero attached hydrogens (tertiary/aromatic N) is 1. The molecule has 1 aliphatic rings. The molecule has 1 aliphatic heterocycles. The lowest BCUT2D eigenvalue weighted by Gasteiger charge is -2.25. The Hall–Kier alpha value is -1.98. The molecular weight excluding hydrogens is 426 g/mol. The van der Waals surface area contributed by atoms with E-state index in [0.717, 1.165) is 11.3 Å². The zero-order chi connectivity index (χ0) is 20.1. The molecule has 1 saturated heterocycles. The van der Waals surface area contributed by atoms with E-state index in [2.05, 4.69) is 10.9 Å². The number of carbonyl (C=O) groups excluding carboxylic acids is 2. The molecule has 1 aromatic carbocycles. The predicted octanol–water partition coefficient (Wildman–Crippen LogP) is 1.43. The van der Waals surface area contributed by atoms with Gasteiger partial charge in [0.2, 0.25) is 5.91 Å². The van der Waals surface area contributed by atoms with Gasteiger partial charge in [0.05, 0.1) is 19.6 Å². The summed E-state index contributed by atoms with van der Waals surface area (Å²) in [6.07, 6.45) is -0.0564. The number of ether oxygens (including phenoxy) is 1. The molecule has 11 heteroatoms. The summed E-state index contributed by atoms with van der Waals surface area (Å²) in [5, 5.41) is 0.409. The smallest absolute Gasteiger partial charge is 0.269 e. The number of nitrogens with one attached hydrogen (secondary N) is 2. The van der Waals surface area contributed by atoms with Crippen molar-refractivity contribution in [1.82, 2.24) is 15.2 Å². The first-order valence-corrected chi connectivity index (χ1v) is 11.0. The Balaban J connectivity index is 1.56. The highest BCUT2D eigenvalue weighted by Crippen LogP contribution is 2.25. The van der Waals surface area contributed by atoms with Gasteiger partial charge in [-0.3, -0.25) is 20.4 Å². The van der Waals surface area contributed by atoms with Crippen LogP contribution in [0.15, 0.2) is 40.6 Å². The molecular formula is C17H18ClN3O5S2. The van der Waals surface area contributed by atoms with E-state index in [4.69, 9.17) is 16.3 Å². The molecule has 0 radical (unpaired) electrons. The minimum absolute atomic E-state index is 0.0564. The Morgan fingerprint density at radius 3 is 2.61 bits per heavy atom. The fourth-order valence-electron chi connectivity index (χ4n) is 2.54. The van der Waals surface area contributed by atoms with E-state index in [-0.39, 0.29) is 10.6 Å². The number of thiophene rings is 1. The van der Waals surface area contributed by atoms with Crippen LogP contribution in [0.25, 0.3) is 0 Å². The number of benzene rings is 1. The normalized spacial score (nSPS) is 15.2. The van der Waals surface area contributed by atoms with E-state index >= 15 is 0 Å². The monoisotopic (exact) mass is 443 g/mol. The van der Waals surface area contributed by atoms with Crippen molar-refractivity contribution in [3.63, 3.8) is 0 Å². The van der Waals surface area contributed by atoms with Gasteiger partial charge in [-0.05, 0) is 30.3 Å². The molecule has 3 rings (SSSR count). The topological polar surface area (TPSA) is 105 Å². The first kappa shape index (κ1) is 20.7. The maximum atomic E-state index is 12.6. The number of amides is 2. The standard InChI is InChI=1S/C17H18ClN3O5S2/c18-13-3-1-2-12(10-13)17(23)20-19-15(22)11-14-4-5-16(27-14)28(24,25)21-6-8-26-9-7-21/h1-5,10H,6-9,11H2,(H,19,22)(H,20,23). The molecule has 8 nitrogen and oxygen atoms in total. The first-order valence-electron chi connectivity index (χ1n) is 8.37. The fourth-order valence-corrected chi connectivity index (χ4v) is 5.64. The summed E-state index contributed by atoms with van der Waals surface area (Å²) in [7, 11) is -3.58. The van der Waals surface area contributed by atoms with Gasteiger partial charge in [0.15, 0.2) is 0 Å². The maximum Gasteiger partial charge on any atom is 0.269 e. The number of hydrazine groups is 1. The van der Waals surface area contributed by atoms with Crippen LogP contribution in [0.1, 0.15) is 15.2 Å². The molecule has 2 heterocycles. The van der Waals surface area contributed by atoms with Crippen molar-refractivity contribution in [2.45, 2.75) is 10.6 Å². The molecule has 2 amide bonds. The van der Waals surface area contributed by atoms with Crippen LogP contribution in [-0.2, 0) is 26.0 Å². The summed E-state index contributed by atoms with van der Waals surface area (Å²) < 4.78 is 31.9. The lowest BCUT2D eigenvalue weighted by atomic mass is 10.2. The molecule has 0 bridgehead atoms. The molecule has 1 fully saturated rings. The number of carbonyl (C=O) groups is 2. The van der Waals surface area contributed by atoms with E-state index in [9.17, 15) is 18.0 Å². The highest BCUT2D eigenvalue weighted by atomic mass is 35.5. The first-order chi connectivity index (χ1) is 13.4. The van der Waals surface area contributed by atoms with Crippen LogP contribution in [0.5, 0.6) is 0 Å². The third-order valence-corrected chi connectivity index (χ3v) is 7.62. The van der Waals surface area contributed by atoms with E-state index in [1.165, 1.54) is 16.4 Å². The predicted molar refractivity (Wildman–Crippen MR) is 105 cm³/mol. The molecule has 0 atom stereocenters. The quantitative estimate of drug-likeness (QED) is 0.680. The van der Waals surface area contributed by atoms with Crippen LogP contribution < -0.4 is 10.9 Å². The van der Waals surface area contributed by atoms with E-state index in [1.807, 2.05) is 0 Å². The van der Waals surface area contributed by atoms with Gasteiger partial charge in [0.25, 0.3) is 15.9 Å². The van der Waals surface area contributed by atoms with Gasteiger partial charge in [-0.1, -0.05) is 17.7 Å². The fraction of sp³-hybridized carbons (Fsp3) is 0.294. The molecule has 0 aliphatic carbocycles. The van der Waals surface area contributed by atoms with Crippen molar-refractivity contribution in [3.05, 3.63) is 51.9 Å². The molecule has 28 heavy (non-hydrogen) atoms. The molecule has 150 valence electrons. The van der Waals surface area contributed by atoms with E-state index in [1.54, 1.807) is 24.3 Å². The average molecular weight is 444 g/mol. The zero-order valence-electron chi connectivity index (χ0n) is 14.7. The van der Waals surface area contributed by atoms with Crippen LogP contribution in [0, 0.1) is 0 Å². The summed E-state index contributed by atoms with van der Waals surface area (Å²) in [5.74, 6) is -0.967. The van der Waals surface area contributed by atoms with E-state index in [0.29, 0.717) is 41.8 Å². The van der Waals surface area contributed by atoms with Gasteiger partial charge in [0, 0.05) is 28.6 Å². The highest BCUT2D eigenvalue weighted by Gasteiger charge is 2.27. The molecule has 0 spiro atoms. The van der Waals surface area contributed by atoms with Crippen LogP contribution in [-0.4, -0.2) is 50.8 Å². The minimum atomic E-state index is -3.58. The number of morpholine rings is 1. The lowest BCUT2D eigenvalue weighted by molar-refractivity contribution is -0.121. The van der Waals surface area contributed by atoms with Crippen molar-refractivity contribution in [2.75, 3.05) is 26.3 Å². The van der Waals surface area contributed by atoms with Crippen molar-refractivity contribution in [1.29, 1.82) is 0 Å². The van der Waals surface area contributed by atoms with Gasteiger partial charge >= 0.3 is 0 Å². The Bertz CT molecular complexity index is 971. The molecule has 2 N–H and O–H groups in total. The molecule has 0 saturated carbocycles. The molecule has 2 aromatic rings. The summed E-state index contributed by atoms with van der Waals surface area (Å²) in [5.41, 5.74) is 4.92. The minimum Gasteiger partial charge on any atom is -0.379 e. The molecule has 1 aromatic heterocycles. The van der Waals surface area contributed by atoms with Crippen LogP contribution >= 0.6 is 22.9 Å². The van der Waals surface area contributed by atoms with Crippen molar-refractivity contribution < 1.29 is 22.7 Å². The highest BCUT2D eigenvalue weighted by molar-refractivity contribution is 7.91. The number of rotatable bonds is 5. The number of sulfonamides is 1. The second-order valence-electron chi connectivity index (χ2n) is 5.93. The second-order valence-corrected chi connectivity index (χ2v) is 9.70. The third kappa shape index (κ3) is 5.09. The number of hydrogen-bond donors (Lipinski definition) is 2. The van der Waals surface area contributed by atoms with Gasteiger partial charge in [-0.25, -0.2) is 8.42 Å². The van der Waals surface area contributed by atoms with Crippen molar-refractivity contribution >= 4 is 44.8 Å². The summed E-state index contributed by atoms with van der Waals surface area (Å²) >= 11 is 6.86. The SMILES string of the molecule is O=C(Cc1ccc(S(=O)(=O)N2CCOCC2)s1)NNC(=O)c1cccc(Cl)c1. The zero-order valence-corrected chi connectivity index (χ0v) is 17.1. The van der Waals surface area contributed by atoms with Crippen LogP contribution in [0.3, 0.4) is 0 Å². The Morgan fingerprint density at radius 2 is 1.89 bits per heavy atom. The van der Waals surface area contributed by atoms with Gasteiger partial charge < -0.3 is 4.74 Å². The average Bonchev–Trinajstić information content (AvgIpc) is 3.16. The Kier molecular flexibility index (Phi) is 6.68. The molecule has 0 unspecified atom stereocenters. The number of halogens is 1. The van der Waals surface area contributed by atoms with Crippen LogP contribution in [0.2, 0.25) is 5.02 Å². The second kappa shape index (κ2) is 9.01. The van der Waals surface area contributed by atoms with Gasteiger partial charge in [0.1, 0.15) is 4.21 Å². The Labute approximate surface area is 171 Å². The summed E-state index contributed by atoms with van der Waals surface area (Å²) in [4.78, 5) is 24.6. The number of hydrogen-bond acceptors (Lipinski definition) is 6. The van der Waals surface area contributed by atoms with E-state index < -0.39 is 21.8 Å². The van der Waals surface area contributed by atoms with Gasteiger partial charge in [-0.15, -0.1) is 11.3 Å². The van der Waals surface area contributed by atoms with Gasteiger partial charge in [-0.2, -0.15) is 4.31 Å². The maximum absolute atomic E-state index is 12.6. The Morgan fingerprint density at radius 1 is 1.14 bits per heavy atom. The lowest BCUT2D eigenvalue weighted by Crippen LogP contribution is -2.42. The van der Waals surface area contributed by atoms with Crippen molar-refractivity contribution in [3.8, 4) is 0 Å². The summed E-state index contributed by atoms with van der Waals surface area (Å²) in [6, 6.07) is 9.39. The largest absolute Gasteiger partial charge is 0.379 e. The summed E-state index contributed by atoms with van der Waals surface area (Å²) in [6.45, 7) is 1.36. The van der Waals surface area contributed by atoms with Crippen molar-refractivity contribution in [2.24, 2.45) is 0 Å².